The summed E-state index contributed by atoms with van der Waals surface area (Å²) in [5.41, 5.74) is 1.10. The Hall–Kier alpha value is -1.93. The van der Waals surface area contributed by atoms with Gasteiger partial charge in [-0.25, -0.2) is 8.42 Å². The van der Waals surface area contributed by atoms with Crippen LogP contribution in [0.3, 0.4) is 0 Å². The van der Waals surface area contributed by atoms with Crippen LogP contribution in [-0.2, 0) is 30.8 Å². The van der Waals surface area contributed by atoms with E-state index in [-0.39, 0.29) is 5.75 Å². The van der Waals surface area contributed by atoms with Crippen LogP contribution in [0.15, 0.2) is 30.3 Å². The molecule has 1 amide bonds. The smallest absolute Gasteiger partial charge is 0.324 e. The fraction of sp³-hybridized carbons (Fsp3) is 0.556. The predicted octanol–water partition coefficient (Wildman–Crippen LogP) is 1.09. The summed E-state index contributed by atoms with van der Waals surface area (Å²) >= 11 is 0. The van der Waals surface area contributed by atoms with Gasteiger partial charge in [0.15, 0.2) is 6.61 Å². The number of esters is 1. The summed E-state index contributed by atoms with van der Waals surface area (Å²) in [6.07, 6.45) is 2.22. The minimum absolute atomic E-state index is 0.0107. The van der Waals surface area contributed by atoms with Crippen molar-refractivity contribution >= 4 is 21.9 Å². The number of carbonyl (C=O) groups excluding carboxylic acids is 2. The maximum Gasteiger partial charge on any atom is 0.324 e. The molecule has 2 rings (SSSR count). The van der Waals surface area contributed by atoms with Crippen LogP contribution in [-0.4, -0.2) is 56.1 Å². The average Bonchev–Trinajstić information content (AvgIpc) is 3.11. The molecule has 1 atom stereocenters. The number of hydrogen-bond acceptors (Lipinski definition) is 5. The molecule has 1 aromatic carbocycles. The van der Waals surface area contributed by atoms with Crippen molar-refractivity contribution in [2.75, 3.05) is 25.4 Å². The normalized spacial score (nSPS) is 17.8. The highest BCUT2D eigenvalue weighted by atomic mass is 32.2. The average molecular weight is 382 g/mol. The van der Waals surface area contributed by atoms with E-state index < -0.39 is 34.5 Å². The summed E-state index contributed by atoms with van der Waals surface area (Å²) in [5.74, 6) is -1.04. The van der Waals surface area contributed by atoms with Gasteiger partial charge in [-0.05, 0) is 31.2 Å². The standard InChI is InChI=1S/C18H26N2O5S/c1-2-13-26(23,24)20-12-6-9-16(20)18(22)25-14-17(21)19-11-10-15-7-4-3-5-8-15/h3-5,7-8,16H,2,6,9-14H2,1H3,(H,19,21). The Bertz CT molecular complexity index is 706. The highest BCUT2D eigenvalue weighted by Crippen LogP contribution is 2.22. The quantitative estimate of drug-likeness (QED) is 0.646. The summed E-state index contributed by atoms with van der Waals surface area (Å²) < 4.78 is 30.7. The van der Waals surface area contributed by atoms with Crippen molar-refractivity contribution in [3.8, 4) is 0 Å². The Morgan fingerprint density at radius 2 is 2.00 bits per heavy atom. The van der Waals surface area contributed by atoms with Crippen molar-refractivity contribution in [1.29, 1.82) is 0 Å². The number of rotatable bonds is 9. The molecular weight excluding hydrogens is 356 g/mol. The van der Waals surface area contributed by atoms with Gasteiger partial charge in [0, 0.05) is 13.1 Å². The van der Waals surface area contributed by atoms with E-state index in [1.54, 1.807) is 6.92 Å². The van der Waals surface area contributed by atoms with Crippen LogP contribution in [0, 0.1) is 0 Å². The number of nitrogens with zero attached hydrogens (tertiary/aromatic N) is 1. The summed E-state index contributed by atoms with van der Waals surface area (Å²) in [7, 11) is -3.46. The molecule has 7 nitrogen and oxygen atoms in total. The lowest BCUT2D eigenvalue weighted by molar-refractivity contribution is -0.151. The van der Waals surface area contributed by atoms with E-state index >= 15 is 0 Å². The summed E-state index contributed by atoms with van der Waals surface area (Å²) in [5, 5.41) is 2.69. The monoisotopic (exact) mass is 382 g/mol. The lowest BCUT2D eigenvalue weighted by Crippen LogP contribution is -2.43. The molecule has 0 aliphatic carbocycles. The molecular formula is C18H26N2O5S. The predicted molar refractivity (Wildman–Crippen MR) is 97.9 cm³/mol. The molecule has 0 radical (unpaired) electrons. The van der Waals surface area contributed by atoms with Crippen molar-refractivity contribution in [1.82, 2.24) is 9.62 Å². The third kappa shape index (κ3) is 5.81. The minimum Gasteiger partial charge on any atom is -0.454 e. The fourth-order valence-corrected chi connectivity index (χ4v) is 4.70. The highest BCUT2D eigenvalue weighted by Gasteiger charge is 2.39. The summed E-state index contributed by atoms with van der Waals surface area (Å²) in [6.45, 7) is 2.15. The Kier molecular flexibility index (Phi) is 7.59. The molecule has 1 N–H and O–H groups in total. The molecule has 144 valence electrons. The minimum atomic E-state index is -3.46. The number of amides is 1. The van der Waals surface area contributed by atoms with Crippen LogP contribution in [0.5, 0.6) is 0 Å². The first-order valence-electron chi connectivity index (χ1n) is 8.91. The van der Waals surface area contributed by atoms with Gasteiger partial charge < -0.3 is 10.1 Å². The maximum absolute atomic E-state index is 12.2. The second-order valence-electron chi connectivity index (χ2n) is 6.28. The third-order valence-electron chi connectivity index (χ3n) is 4.22. The molecule has 1 saturated heterocycles. The second-order valence-corrected chi connectivity index (χ2v) is 8.32. The first-order chi connectivity index (χ1) is 12.4. The van der Waals surface area contributed by atoms with E-state index in [4.69, 9.17) is 4.74 Å². The molecule has 26 heavy (non-hydrogen) atoms. The number of benzene rings is 1. The lowest BCUT2D eigenvalue weighted by atomic mass is 10.1. The Balaban J connectivity index is 1.75. The SMILES string of the molecule is CCCS(=O)(=O)N1CCCC1C(=O)OCC(=O)NCCc1ccccc1. The van der Waals surface area contributed by atoms with E-state index in [0.717, 1.165) is 5.56 Å². The molecule has 1 aliphatic heterocycles. The van der Waals surface area contributed by atoms with Gasteiger partial charge in [-0.15, -0.1) is 0 Å². The van der Waals surface area contributed by atoms with Crippen LogP contribution >= 0.6 is 0 Å². The first kappa shape index (κ1) is 20.4. The largest absolute Gasteiger partial charge is 0.454 e. The molecule has 0 spiro atoms. The van der Waals surface area contributed by atoms with Crippen molar-refractivity contribution in [2.45, 2.75) is 38.6 Å². The van der Waals surface area contributed by atoms with E-state index in [1.165, 1.54) is 4.31 Å². The van der Waals surface area contributed by atoms with E-state index in [2.05, 4.69) is 5.32 Å². The molecule has 0 aromatic heterocycles. The van der Waals surface area contributed by atoms with Crippen molar-refractivity contribution < 1.29 is 22.7 Å². The van der Waals surface area contributed by atoms with Crippen LogP contribution in [0.1, 0.15) is 31.7 Å². The maximum atomic E-state index is 12.2. The van der Waals surface area contributed by atoms with Gasteiger partial charge in [-0.1, -0.05) is 37.3 Å². The zero-order chi connectivity index (χ0) is 19.0. The van der Waals surface area contributed by atoms with Gasteiger partial charge in [0.2, 0.25) is 10.0 Å². The topological polar surface area (TPSA) is 92.8 Å². The molecule has 1 aliphatic rings. The Morgan fingerprint density at radius 3 is 2.69 bits per heavy atom. The molecule has 8 heteroatoms. The molecule has 1 unspecified atom stereocenters. The van der Waals surface area contributed by atoms with E-state index in [0.29, 0.717) is 38.8 Å². The van der Waals surface area contributed by atoms with Crippen molar-refractivity contribution in [3.05, 3.63) is 35.9 Å². The van der Waals surface area contributed by atoms with E-state index in [9.17, 15) is 18.0 Å². The molecule has 0 bridgehead atoms. The van der Waals surface area contributed by atoms with Gasteiger partial charge >= 0.3 is 5.97 Å². The lowest BCUT2D eigenvalue weighted by Gasteiger charge is -2.22. The molecule has 1 heterocycles. The zero-order valence-electron chi connectivity index (χ0n) is 15.0. The number of ether oxygens (including phenoxy) is 1. The summed E-state index contributed by atoms with van der Waals surface area (Å²) in [4.78, 5) is 24.0. The summed E-state index contributed by atoms with van der Waals surface area (Å²) in [6, 6.07) is 8.91. The number of carbonyl (C=O) groups is 2. The highest BCUT2D eigenvalue weighted by molar-refractivity contribution is 7.89. The van der Waals surface area contributed by atoms with Gasteiger partial charge in [0.1, 0.15) is 6.04 Å². The number of hydrogen-bond donors (Lipinski definition) is 1. The number of nitrogens with one attached hydrogen (secondary N) is 1. The second kappa shape index (κ2) is 9.68. The van der Waals surface area contributed by atoms with Crippen molar-refractivity contribution in [3.63, 3.8) is 0 Å². The van der Waals surface area contributed by atoms with E-state index in [1.807, 2.05) is 30.3 Å². The fourth-order valence-electron chi connectivity index (χ4n) is 2.96. The Labute approximate surface area is 154 Å². The van der Waals surface area contributed by atoms with Crippen LogP contribution in [0.4, 0.5) is 0 Å². The molecule has 1 aromatic rings. The van der Waals surface area contributed by atoms with Crippen LogP contribution in [0.2, 0.25) is 0 Å². The Morgan fingerprint density at radius 1 is 1.27 bits per heavy atom. The van der Waals surface area contributed by atoms with Crippen LogP contribution < -0.4 is 5.32 Å². The molecule has 1 fully saturated rings. The van der Waals surface area contributed by atoms with Gasteiger partial charge in [-0.2, -0.15) is 4.31 Å². The van der Waals surface area contributed by atoms with Gasteiger partial charge in [0.05, 0.1) is 5.75 Å². The zero-order valence-corrected chi connectivity index (χ0v) is 15.8. The van der Waals surface area contributed by atoms with Gasteiger partial charge in [-0.3, -0.25) is 9.59 Å². The third-order valence-corrected chi connectivity index (χ3v) is 6.30. The molecule has 0 saturated carbocycles. The first-order valence-corrected chi connectivity index (χ1v) is 10.5. The number of sulfonamides is 1. The van der Waals surface area contributed by atoms with Crippen molar-refractivity contribution in [2.24, 2.45) is 0 Å². The van der Waals surface area contributed by atoms with Crippen LogP contribution in [0.25, 0.3) is 0 Å². The van der Waals surface area contributed by atoms with Gasteiger partial charge in [0.25, 0.3) is 5.91 Å².